The standard InChI is InChI=1S/C22H10F6N2O6/c23-21(24,25)35-19-13(11-1-3-12(4-2-11)29-15(31)7-8-16(29)32)5-6-14(20(19)36-22(26,27)28)30-17(33)9-10-18(30)34/h1-10H. The predicted octanol–water partition coefficient (Wildman–Crippen LogP) is 4.01. The Kier molecular flexibility index (Phi) is 5.82. The van der Waals surface area contributed by atoms with Crippen molar-refractivity contribution in [3.8, 4) is 22.6 Å². The van der Waals surface area contributed by atoms with Crippen molar-refractivity contribution in [2.45, 2.75) is 12.7 Å². The zero-order chi connectivity index (χ0) is 26.4. The Morgan fingerprint density at radius 3 is 1.47 bits per heavy atom. The molecule has 0 unspecified atom stereocenters. The molecule has 0 aromatic heterocycles. The van der Waals surface area contributed by atoms with Crippen LogP contribution in [-0.2, 0) is 19.2 Å². The van der Waals surface area contributed by atoms with Crippen LogP contribution in [0.5, 0.6) is 11.5 Å². The smallest absolute Gasteiger partial charge is 0.401 e. The first-order chi connectivity index (χ1) is 16.7. The molecule has 2 aliphatic rings. The third-order valence-electron chi connectivity index (χ3n) is 4.82. The van der Waals surface area contributed by atoms with Gasteiger partial charge in [-0.3, -0.25) is 19.2 Å². The molecular formula is C22H10F6N2O6. The summed E-state index contributed by atoms with van der Waals surface area (Å²) in [7, 11) is 0. The maximum absolute atomic E-state index is 13.3. The van der Waals surface area contributed by atoms with Crippen LogP contribution in [0.1, 0.15) is 0 Å². The SMILES string of the molecule is O=C1C=CC(=O)N1c1ccc(-c2ccc(N3C(=O)C=CC3=O)c(OC(F)(F)F)c2OC(F)(F)F)cc1. The number of ether oxygens (including phenoxy) is 2. The summed E-state index contributed by atoms with van der Waals surface area (Å²) >= 11 is 0. The third-order valence-corrected chi connectivity index (χ3v) is 4.82. The molecule has 2 aromatic carbocycles. The second-order valence-corrected chi connectivity index (χ2v) is 7.12. The van der Waals surface area contributed by atoms with Crippen molar-refractivity contribution in [2.75, 3.05) is 9.80 Å². The molecule has 0 saturated heterocycles. The summed E-state index contributed by atoms with van der Waals surface area (Å²) in [5.41, 5.74) is -1.60. The van der Waals surface area contributed by atoms with Gasteiger partial charge in [0.1, 0.15) is 0 Å². The minimum absolute atomic E-state index is 0.0414. The summed E-state index contributed by atoms with van der Waals surface area (Å²) in [6.45, 7) is 0. The number of halogens is 6. The molecule has 0 aliphatic carbocycles. The minimum atomic E-state index is -5.54. The number of nitrogens with zero attached hydrogens (tertiary/aromatic N) is 2. The van der Waals surface area contributed by atoms with Gasteiger partial charge in [0, 0.05) is 29.9 Å². The van der Waals surface area contributed by atoms with E-state index in [9.17, 15) is 45.5 Å². The van der Waals surface area contributed by atoms with E-state index in [0.717, 1.165) is 41.3 Å². The monoisotopic (exact) mass is 512 g/mol. The van der Waals surface area contributed by atoms with Crippen LogP contribution in [0.15, 0.2) is 60.7 Å². The molecule has 0 bridgehead atoms. The lowest BCUT2D eigenvalue weighted by molar-refractivity contribution is -0.286. The molecule has 8 nitrogen and oxygen atoms in total. The summed E-state index contributed by atoms with van der Waals surface area (Å²) in [6.07, 6.45) is -7.61. The van der Waals surface area contributed by atoms with Crippen LogP contribution in [0.4, 0.5) is 37.7 Å². The first kappa shape index (κ1) is 24.5. The Balaban J connectivity index is 1.87. The largest absolute Gasteiger partial charge is 0.573 e. The molecule has 2 aliphatic heterocycles. The van der Waals surface area contributed by atoms with Crippen molar-refractivity contribution in [3.05, 3.63) is 60.7 Å². The number of anilines is 2. The van der Waals surface area contributed by atoms with Gasteiger partial charge in [0.2, 0.25) is 0 Å². The van der Waals surface area contributed by atoms with Crippen LogP contribution in [0.2, 0.25) is 0 Å². The van der Waals surface area contributed by atoms with Crippen molar-refractivity contribution >= 4 is 35.0 Å². The van der Waals surface area contributed by atoms with Gasteiger partial charge in [0.15, 0.2) is 11.5 Å². The van der Waals surface area contributed by atoms with E-state index in [4.69, 9.17) is 0 Å². The maximum Gasteiger partial charge on any atom is 0.573 e. The zero-order valence-corrected chi connectivity index (χ0v) is 17.4. The number of amides is 4. The Morgan fingerprint density at radius 2 is 1.00 bits per heavy atom. The van der Waals surface area contributed by atoms with Crippen molar-refractivity contribution < 1.29 is 55.0 Å². The molecule has 0 atom stereocenters. The van der Waals surface area contributed by atoms with Gasteiger partial charge in [-0.25, -0.2) is 9.80 Å². The summed E-state index contributed by atoms with van der Waals surface area (Å²) in [4.78, 5) is 48.7. The summed E-state index contributed by atoms with van der Waals surface area (Å²) in [6, 6.07) is 6.26. The highest BCUT2D eigenvalue weighted by atomic mass is 19.4. The van der Waals surface area contributed by atoms with Gasteiger partial charge in [-0.05, 0) is 29.8 Å². The highest BCUT2D eigenvalue weighted by molar-refractivity contribution is 6.29. The van der Waals surface area contributed by atoms with Gasteiger partial charge >= 0.3 is 12.7 Å². The van der Waals surface area contributed by atoms with Gasteiger partial charge in [-0.15, -0.1) is 26.3 Å². The molecule has 0 N–H and O–H groups in total. The van der Waals surface area contributed by atoms with E-state index >= 15 is 0 Å². The molecule has 0 radical (unpaired) electrons. The molecule has 2 aromatic rings. The van der Waals surface area contributed by atoms with Crippen LogP contribution in [0.25, 0.3) is 11.1 Å². The van der Waals surface area contributed by atoms with Crippen molar-refractivity contribution in [1.82, 2.24) is 0 Å². The fourth-order valence-electron chi connectivity index (χ4n) is 3.47. The second kappa shape index (κ2) is 8.55. The van der Waals surface area contributed by atoms with E-state index in [1.165, 1.54) is 12.1 Å². The number of imide groups is 2. The fraction of sp³-hybridized carbons (Fsp3) is 0.0909. The van der Waals surface area contributed by atoms with E-state index < -0.39 is 59.1 Å². The van der Waals surface area contributed by atoms with Crippen LogP contribution in [0, 0.1) is 0 Å². The number of rotatable bonds is 5. The summed E-state index contributed by atoms with van der Waals surface area (Å²) < 4.78 is 87.1. The van der Waals surface area contributed by atoms with Crippen molar-refractivity contribution in [1.29, 1.82) is 0 Å². The highest BCUT2D eigenvalue weighted by Gasteiger charge is 2.41. The molecule has 36 heavy (non-hydrogen) atoms. The van der Waals surface area contributed by atoms with Gasteiger partial charge in [0.05, 0.1) is 11.4 Å². The minimum Gasteiger partial charge on any atom is -0.401 e. The first-order valence-electron chi connectivity index (χ1n) is 9.66. The van der Waals surface area contributed by atoms with Crippen LogP contribution < -0.4 is 19.3 Å². The lowest BCUT2D eigenvalue weighted by atomic mass is 10.0. The van der Waals surface area contributed by atoms with Crippen molar-refractivity contribution in [2.24, 2.45) is 0 Å². The van der Waals surface area contributed by atoms with E-state index in [1.54, 1.807) is 0 Å². The molecule has 0 spiro atoms. The van der Waals surface area contributed by atoms with Gasteiger partial charge in [-0.1, -0.05) is 12.1 Å². The van der Waals surface area contributed by atoms with E-state index in [2.05, 4.69) is 9.47 Å². The Hall–Kier alpha value is -4.62. The van der Waals surface area contributed by atoms with E-state index in [1.807, 2.05) is 0 Å². The Bertz CT molecular complexity index is 1310. The molecule has 2 heterocycles. The number of hydrogen-bond donors (Lipinski definition) is 0. The molecule has 0 saturated carbocycles. The second-order valence-electron chi connectivity index (χ2n) is 7.12. The first-order valence-corrected chi connectivity index (χ1v) is 9.66. The molecule has 4 rings (SSSR count). The average Bonchev–Trinajstić information content (AvgIpc) is 3.28. The molecule has 4 amide bonds. The predicted molar refractivity (Wildman–Crippen MR) is 109 cm³/mol. The fourth-order valence-corrected chi connectivity index (χ4v) is 3.47. The quantitative estimate of drug-likeness (QED) is 0.444. The third kappa shape index (κ3) is 4.78. The number of carbonyl (C=O) groups excluding carboxylic acids is 4. The molecule has 0 fully saturated rings. The summed E-state index contributed by atoms with van der Waals surface area (Å²) in [5, 5.41) is 0. The number of alkyl halides is 6. The molecule has 14 heteroatoms. The topological polar surface area (TPSA) is 93.2 Å². The Labute approximate surface area is 196 Å². The highest BCUT2D eigenvalue weighted by Crippen LogP contribution is 2.49. The lowest BCUT2D eigenvalue weighted by Crippen LogP contribution is -2.31. The average molecular weight is 512 g/mol. The van der Waals surface area contributed by atoms with E-state index in [0.29, 0.717) is 12.2 Å². The number of carbonyl (C=O) groups is 4. The molecular weight excluding hydrogens is 502 g/mol. The van der Waals surface area contributed by atoms with Crippen LogP contribution in [-0.4, -0.2) is 36.4 Å². The van der Waals surface area contributed by atoms with Crippen LogP contribution in [0.3, 0.4) is 0 Å². The Morgan fingerprint density at radius 1 is 0.556 bits per heavy atom. The maximum atomic E-state index is 13.3. The number of hydrogen-bond acceptors (Lipinski definition) is 6. The van der Waals surface area contributed by atoms with Gasteiger partial charge in [-0.2, -0.15) is 0 Å². The lowest BCUT2D eigenvalue weighted by Gasteiger charge is -2.24. The normalized spacial score (nSPS) is 15.9. The van der Waals surface area contributed by atoms with Crippen molar-refractivity contribution in [3.63, 3.8) is 0 Å². The van der Waals surface area contributed by atoms with E-state index in [-0.39, 0.29) is 16.2 Å². The summed E-state index contributed by atoms with van der Waals surface area (Å²) in [5.74, 6) is -6.64. The molecule has 186 valence electrons. The van der Waals surface area contributed by atoms with Crippen LogP contribution >= 0.6 is 0 Å². The van der Waals surface area contributed by atoms with Gasteiger partial charge < -0.3 is 9.47 Å². The zero-order valence-electron chi connectivity index (χ0n) is 17.4. The van der Waals surface area contributed by atoms with Gasteiger partial charge in [0.25, 0.3) is 23.6 Å². The number of benzene rings is 2.